The first-order chi connectivity index (χ1) is 9.74. The number of hydrogen-bond donors (Lipinski definition) is 1. The van der Waals surface area contributed by atoms with Gasteiger partial charge in [0.05, 0.1) is 6.04 Å². The predicted octanol–water partition coefficient (Wildman–Crippen LogP) is 3.62. The van der Waals surface area contributed by atoms with Gasteiger partial charge < -0.3 is 14.8 Å². The molecule has 0 amide bonds. The average Bonchev–Trinajstić information content (AvgIpc) is 2.73. The fourth-order valence-electron chi connectivity index (χ4n) is 2.95. The second kappa shape index (κ2) is 7.67. The minimum Gasteiger partial charge on any atom is -0.363 e. The summed E-state index contributed by atoms with van der Waals surface area (Å²) in [7, 11) is 2.13. The first-order valence-corrected chi connectivity index (χ1v) is 8.30. The van der Waals surface area contributed by atoms with Crippen molar-refractivity contribution in [1.82, 2.24) is 14.8 Å². The number of aryl methyl sites for hydroxylation is 1. The Morgan fingerprint density at radius 2 is 2.25 bits per heavy atom. The highest BCUT2D eigenvalue weighted by atomic mass is 32.1. The lowest BCUT2D eigenvalue weighted by molar-refractivity contribution is 0.306. The fraction of sp³-hybridized carbons (Fsp3) is 0.688. The summed E-state index contributed by atoms with van der Waals surface area (Å²) in [5.41, 5.74) is 1.38. The zero-order valence-electron chi connectivity index (χ0n) is 12.8. The molecule has 0 aromatic carbocycles. The largest absolute Gasteiger partial charge is 0.363 e. The first-order valence-electron chi connectivity index (χ1n) is 7.89. The molecule has 1 saturated heterocycles. The summed E-state index contributed by atoms with van der Waals surface area (Å²) in [5.74, 6) is 0. The van der Waals surface area contributed by atoms with Gasteiger partial charge in [0.25, 0.3) is 0 Å². The number of thiocarbonyl (C=S) groups is 1. The summed E-state index contributed by atoms with van der Waals surface area (Å²) in [6.07, 6.45) is 9.58. The van der Waals surface area contributed by atoms with E-state index in [1.807, 2.05) is 0 Å². The quantitative estimate of drug-likeness (QED) is 0.676. The van der Waals surface area contributed by atoms with Crippen LogP contribution in [0, 0.1) is 0 Å². The van der Waals surface area contributed by atoms with Crippen LogP contribution in [0.1, 0.15) is 57.2 Å². The number of nitrogens with one attached hydrogen (secondary N) is 1. The van der Waals surface area contributed by atoms with Gasteiger partial charge in [0.1, 0.15) is 0 Å². The van der Waals surface area contributed by atoms with Crippen LogP contribution < -0.4 is 5.32 Å². The van der Waals surface area contributed by atoms with Crippen LogP contribution in [0.15, 0.2) is 18.3 Å². The van der Waals surface area contributed by atoms with E-state index >= 15 is 0 Å². The Labute approximate surface area is 128 Å². The molecule has 1 fully saturated rings. The van der Waals surface area contributed by atoms with Crippen molar-refractivity contribution in [3.63, 3.8) is 0 Å². The molecule has 1 atom stereocenters. The number of likely N-dealkylation sites (tertiary alicyclic amines) is 1. The van der Waals surface area contributed by atoms with Crippen molar-refractivity contribution in [3.8, 4) is 0 Å². The van der Waals surface area contributed by atoms with E-state index in [0.717, 1.165) is 18.2 Å². The SMILES string of the molecule is CCCCNC(=S)N1CCCCC[C@H]1c1cccn1C. The van der Waals surface area contributed by atoms with Crippen molar-refractivity contribution < 1.29 is 0 Å². The normalized spacial score (nSPS) is 19.7. The van der Waals surface area contributed by atoms with Gasteiger partial charge in [0.2, 0.25) is 0 Å². The Bertz CT molecular complexity index is 427. The van der Waals surface area contributed by atoms with E-state index in [-0.39, 0.29) is 0 Å². The van der Waals surface area contributed by atoms with Crippen LogP contribution in [0.25, 0.3) is 0 Å². The zero-order valence-corrected chi connectivity index (χ0v) is 13.6. The number of hydrogen-bond acceptors (Lipinski definition) is 1. The maximum atomic E-state index is 5.65. The van der Waals surface area contributed by atoms with Gasteiger partial charge in [0.15, 0.2) is 5.11 Å². The summed E-state index contributed by atoms with van der Waals surface area (Å²) >= 11 is 5.65. The highest BCUT2D eigenvalue weighted by molar-refractivity contribution is 7.80. The molecule has 0 saturated carbocycles. The maximum absolute atomic E-state index is 5.65. The number of rotatable bonds is 4. The minimum absolute atomic E-state index is 0.430. The molecule has 112 valence electrons. The first kappa shape index (κ1) is 15.4. The Hall–Kier alpha value is -1.03. The number of nitrogens with zero attached hydrogens (tertiary/aromatic N) is 2. The van der Waals surface area contributed by atoms with E-state index in [1.165, 1.54) is 44.2 Å². The highest BCUT2D eigenvalue weighted by Gasteiger charge is 2.25. The van der Waals surface area contributed by atoms with Gasteiger partial charge in [-0.15, -0.1) is 0 Å². The molecule has 0 spiro atoms. The lowest BCUT2D eigenvalue weighted by Crippen LogP contribution is -2.42. The molecule has 20 heavy (non-hydrogen) atoms. The number of aromatic nitrogens is 1. The highest BCUT2D eigenvalue weighted by Crippen LogP contribution is 2.30. The Morgan fingerprint density at radius 1 is 1.40 bits per heavy atom. The molecule has 4 heteroatoms. The summed E-state index contributed by atoms with van der Waals surface area (Å²) in [5, 5.41) is 4.38. The van der Waals surface area contributed by atoms with Crippen molar-refractivity contribution in [2.75, 3.05) is 13.1 Å². The van der Waals surface area contributed by atoms with Crippen molar-refractivity contribution in [3.05, 3.63) is 24.0 Å². The molecule has 2 heterocycles. The number of unbranched alkanes of at least 4 members (excludes halogenated alkanes) is 1. The molecule has 1 aliphatic heterocycles. The van der Waals surface area contributed by atoms with Crippen molar-refractivity contribution in [1.29, 1.82) is 0 Å². The molecule has 0 unspecified atom stereocenters. The molecule has 0 bridgehead atoms. The van der Waals surface area contributed by atoms with Crippen LogP contribution in [0.3, 0.4) is 0 Å². The molecule has 1 N–H and O–H groups in total. The van der Waals surface area contributed by atoms with E-state index < -0.39 is 0 Å². The van der Waals surface area contributed by atoms with E-state index in [1.54, 1.807) is 0 Å². The van der Waals surface area contributed by atoms with Gasteiger partial charge >= 0.3 is 0 Å². The van der Waals surface area contributed by atoms with Crippen molar-refractivity contribution in [2.24, 2.45) is 7.05 Å². The van der Waals surface area contributed by atoms with Crippen molar-refractivity contribution >= 4 is 17.3 Å². The molecule has 2 rings (SSSR count). The van der Waals surface area contributed by atoms with Crippen molar-refractivity contribution in [2.45, 2.75) is 51.5 Å². The van der Waals surface area contributed by atoms with E-state index in [2.05, 4.69) is 47.1 Å². The van der Waals surface area contributed by atoms with Crippen LogP contribution in [0.4, 0.5) is 0 Å². The molecule has 1 aromatic heterocycles. The third-order valence-corrected chi connectivity index (χ3v) is 4.52. The lowest BCUT2D eigenvalue weighted by atomic mass is 10.1. The molecule has 0 radical (unpaired) electrons. The van der Waals surface area contributed by atoms with E-state index in [4.69, 9.17) is 12.2 Å². The van der Waals surface area contributed by atoms with Gasteiger partial charge in [-0.1, -0.05) is 26.2 Å². The van der Waals surface area contributed by atoms with Crippen LogP contribution in [-0.4, -0.2) is 27.7 Å². The Balaban J connectivity index is 2.09. The topological polar surface area (TPSA) is 20.2 Å². The average molecular weight is 293 g/mol. The van der Waals surface area contributed by atoms with Crippen LogP contribution in [0.5, 0.6) is 0 Å². The summed E-state index contributed by atoms with van der Waals surface area (Å²) < 4.78 is 2.23. The Kier molecular flexibility index (Phi) is 5.89. The molecule has 0 aliphatic carbocycles. The third kappa shape index (κ3) is 3.75. The molecule has 1 aromatic rings. The van der Waals surface area contributed by atoms with E-state index in [0.29, 0.717) is 6.04 Å². The van der Waals surface area contributed by atoms with Gasteiger partial charge in [0, 0.05) is 32.0 Å². The maximum Gasteiger partial charge on any atom is 0.169 e. The third-order valence-electron chi connectivity index (χ3n) is 4.15. The second-order valence-corrected chi connectivity index (χ2v) is 6.07. The predicted molar refractivity (Wildman–Crippen MR) is 88.8 cm³/mol. The minimum atomic E-state index is 0.430. The summed E-state index contributed by atoms with van der Waals surface area (Å²) in [6, 6.07) is 4.79. The van der Waals surface area contributed by atoms with Gasteiger partial charge in [-0.05, 0) is 43.6 Å². The second-order valence-electron chi connectivity index (χ2n) is 5.69. The molecular weight excluding hydrogens is 266 g/mol. The monoisotopic (exact) mass is 293 g/mol. The van der Waals surface area contributed by atoms with Crippen LogP contribution in [0.2, 0.25) is 0 Å². The van der Waals surface area contributed by atoms with Crippen LogP contribution in [-0.2, 0) is 7.05 Å². The summed E-state index contributed by atoms with van der Waals surface area (Å²) in [4.78, 5) is 2.41. The zero-order chi connectivity index (χ0) is 14.4. The van der Waals surface area contributed by atoms with Gasteiger partial charge in [-0.25, -0.2) is 0 Å². The fourth-order valence-corrected chi connectivity index (χ4v) is 3.27. The molecule has 1 aliphatic rings. The summed E-state index contributed by atoms with van der Waals surface area (Å²) in [6.45, 7) is 4.28. The van der Waals surface area contributed by atoms with E-state index in [9.17, 15) is 0 Å². The Morgan fingerprint density at radius 3 is 2.95 bits per heavy atom. The standard InChI is InChI=1S/C16H27N3S/c1-3-4-11-17-16(20)19-13-7-5-6-9-15(19)14-10-8-12-18(14)2/h8,10,12,15H,3-7,9,11,13H2,1-2H3,(H,17,20)/t15-/m0/s1. The molecular formula is C16H27N3S. The molecule has 3 nitrogen and oxygen atoms in total. The van der Waals surface area contributed by atoms with Gasteiger partial charge in [-0.3, -0.25) is 0 Å². The lowest BCUT2D eigenvalue weighted by Gasteiger charge is -2.33. The smallest absolute Gasteiger partial charge is 0.169 e. The van der Waals surface area contributed by atoms with Gasteiger partial charge in [-0.2, -0.15) is 0 Å². The van der Waals surface area contributed by atoms with Crippen LogP contribution >= 0.6 is 12.2 Å².